The Morgan fingerprint density at radius 3 is 2.54 bits per heavy atom. The van der Waals surface area contributed by atoms with Crippen molar-refractivity contribution in [3.63, 3.8) is 0 Å². The van der Waals surface area contributed by atoms with E-state index >= 15 is 0 Å². The van der Waals surface area contributed by atoms with Gasteiger partial charge in [0.25, 0.3) is 0 Å². The number of aliphatic hydroxyl groups is 1. The van der Waals surface area contributed by atoms with Crippen molar-refractivity contribution in [3.05, 3.63) is 47.5 Å². The molecule has 1 atom stereocenters. The van der Waals surface area contributed by atoms with Gasteiger partial charge in [0.05, 0.1) is 6.61 Å². The zero-order chi connectivity index (χ0) is 9.68. The van der Waals surface area contributed by atoms with Crippen LogP contribution in [0.3, 0.4) is 0 Å². The Hall–Kier alpha value is -1.08. The van der Waals surface area contributed by atoms with Crippen LogP contribution < -0.4 is 0 Å². The normalized spacial score (nSPS) is 14.2. The maximum Gasteiger partial charge on any atom is 0.0639 e. The molecule has 1 N–H and O–H groups in total. The summed E-state index contributed by atoms with van der Waals surface area (Å²) in [5.41, 5.74) is 2.31. The van der Waals surface area contributed by atoms with E-state index in [1.165, 1.54) is 5.56 Å². The first-order chi connectivity index (χ1) is 6.24. The minimum Gasteiger partial charge on any atom is -0.392 e. The maximum atomic E-state index is 8.86. The Balaban J connectivity index is 2.75. The first-order valence-electron chi connectivity index (χ1n) is 4.57. The van der Waals surface area contributed by atoms with Crippen molar-refractivity contribution in [2.24, 2.45) is 0 Å². The van der Waals surface area contributed by atoms with Crippen LogP contribution in [0.25, 0.3) is 0 Å². The van der Waals surface area contributed by atoms with Crippen molar-refractivity contribution in [1.29, 1.82) is 0 Å². The summed E-state index contributed by atoms with van der Waals surface area (Å²) in [7, 11) is 0. The first-order valence-corrected chi connectivity index (χ1v) is 4.57. The zero-order valence-electron chi connectivity index (χ0n) is 8.20. The SMILES string of the molecule is CC(=C[C@H](C)c1ccccc1)CO. The summed E-state index contributed by atoms with van der Waals surface area (Å²) >= 11 is 0. The molecule has 0 saturated heterocycles. The number of aliphatic hydroxyl groups excluding tert-OH is 1. The zero-order valence-corrected chi connectivity index (χ0v) is 8.20. The molecule has 0 aromatic heterocycles. The summed E-state index contributed by atoms with van der Waals surface area (Å²) in [6, 6.07) is 10.3. The van der Waals surface area contributed by atoms with Crippen LogP contribution in [0.1, 0.15) is 25.3 Å². The summed E-state index contributed by atoms with van der Waals surface area (Å²) in [6.45, 7) is 4.23. The van der Waals surface area contributed by atoms with Crippen LogP contribution in [0.15, 0.2) is 42.0 Å². The molecular weight excluding hydrogens is 160 g/mol. The molecule has 0 radical (unpaired) electrons. The Bertz CT molecular complexity index is 274. The summed E-state index contributed by atoms with van der Waals surface area (Å²) in [5, 5.41) is 8.86. The Labute approximate surface area is 79.7 Å². The predicted molar refractivity (Wildman–Crippen MR) is 55.7 cm³/mol. The highest BCUT2D eigenvalue weighted by Gasteiger charge is 2.00. The van der Waals surface area contributed by atoms with E-state index in [2.05, 4.69) is 25.1 Å². The number of hydrogen-bond acceptors (Lipinski definition) is 1. The fraction of sp³-hybridized carbons (Fsp3) is 0.333. The highest BCUT2D eigenvalue weighted by Crippen LogP contribution is 2.17. The molecule has 0 fully saturated rings. The standard InChI is InChI=1S/C12H16O/c1-10(9-13)8-11(2)12-6-4-3-5-7-12/h3-8,11,13H,9H2,1-2H3/t11-/m0/s1. The van der Waals surface area contributed by atoms with E-state index in [4.69, 9.17) is 5.11 Å². The van der Waals surface area contributed by atoms with E-state index < -0.39 is 0 Å². The molecule has 70 valence electrons. The van der Waals surface area contributed by atoms with Crippen molar-refractivity contribution < 1.29 is 5.11 Å². The number of hydrogen-bond donors (Lipinski definition) is 1. The summed E-state index contributed by atoms with van der Waals surface area (Å²) in [5.74, 6) is 0.383. The van der Waals surface area contributed by atoms with E-state index in [1.54, 1.807) is 0 Å². The van der Waals surface area contributed by atoms with Gasteiger partial charge in [-0.3, -0.25) is 0 Å². The smallest absolute Gasteiger partial charge is 0.0639 e. The second kappa shape index (κ2) is 4.83. The number of benzene rings is 1. The lowest BCUT2D eigenvalue weighted by Gasteiger charge is -2.07. The number of allylic oxidation sites excluding steroid dienone is 1. The van der Waals surface area contributed by atoms with E-state index in [0.29, 0.717) is 5.92 Å². The molecule has 0 amide bonds. The maximum absolute atomic E-state index is 8.86. The van der Waals surface area contributed by atoms with Crippen molar-refractivity contribution >= 4 is 0 Å². The van der Waals surface area contributed by atoms with Crippen LogP contribution in [0, 0.1) is 0 Å². The van der Waals surface area contributed by atoms with Crippen LogP contribution in [-0.4, -0.2) is 11.7 Å². The van der Waals surface area contributed by atoms with Crippen LogP contribution >= 0.6 is 0 Å². The van der Waals surface area contributed by atoms with E-state index in [0.717, 1.165) is 5.57 Å². The first kappa shape index (κ1) is 10.0. The quantitative estimate of drug-likeness (QED) is 0.702. The van der Waals surface area contributed by atoms with Gasteiger partial charge in [0.15, 0.2) is 0 Å². The molecule has 1 aromatic rings. The van der Waals surface area contributed by atoms with E-state index in [9.17, 15) is 0 Å². The average Bonchev–Trinajstić information content (AvgIpc) is 2.19. The molecule has 0 spiro atoms. The molecule has 1 nitrogen and oxygen atoms in total. The van der Waals surface area contributed by atoms with E-state index in [-0.39, 0.29) is 6.61 Å². The molecule has 0 unspecified atom stereocenters. The molecule has 0 aliphatic heterocycles. The molecule has 1 aromatic carbocycles. The van der Waals surface area contributed by atoms with E-state index in [1.807, 2.05) is 25.1 Å². The molecule has 0 bridgehead atoms. The van der Waals surface area contributed by atoms with Gasteiger partial charge in [-0.05, 0) is 18.4 Å². The summed E-state index contributed by atoms with van der Waals surface area (Å²) in [4.78, 5) is 0. The largest absolute Gasteiger partial charge is 0.392 e. The van der Waals surface area contributed by atoms with Crippen molar-refractivity contribution in [3.8, 4) is 0 Å². The van der Waals surface area contributed by atoms with Gasteiger partial charge >= 0.3 is 0 Å². The monoisotopic (exact) mass is 176 g/mol. The predicted octanol–water partition coefficient (Wildman–Crippen LogP) is 2.73. The van der Waals surface area contributed by atoms with Gasteiger partial charge in [0.2, 0.25) is 0 Å². The van der Waals surface area contributed by atoms with Crippen molar-refractivity contribution in [2.75, 3.05) is 6.61 Å². The number of rotatable bonds is 3. The lowest BCUT2D eigenvalue weighted by atomic mass is 9.99. The fourth-order valence-electron chi connectivity index (χ4n) is 1.33. The highest BCUT2D eigenvalue weighted by molar-refractivity contribution is 5.24. The minimum atomic E-state index is 0.150. The van der Waals surface area contributed by atoms with Gasteiger partial charge in [-0.1, -0.05) is 48.9 Å². The highest BCUT2D eigenvalue weighted by atomic mass is 16.3. The van der Waals surface area contributed by atoms with Gasteiger partial charge in [-0.2, -0.15) is 0 Å². The lowest BCUT2D eigenvalue weighted by molar-refractivity contribution is 0.330. The second-order valence-corrected chi connectivity index (χ2v) is 3.37. The molecule has 1 heteroatoms. The molecule has 0 saturated carbocycles. The van der Waals surface area contributed by atoms with Crippen molar-refractivity contribution in [1.82, 2.24) is 0 Å². The van der Waals surface area contributed by atoms with Gasteiger partial charge < -0.3 is 5.11 Å². The summed E-state index contributed by atoms with van der Waals surface area (Å²) < 4.78 is 0. The van der Waals surface area contributed by atoms with Crippen LogP contribution in [-0.2, 0) is 0 Å². The third kappa shape index (κ3) is 3.03. The van der Waals surface area contributed by atoms with Gasteiger partial charge in [0, 0.05) is 0 Å². The molecule has 13 heavy (non-hydrogen) atoms. The fourth-order valence-corrected chi connectivity index (χ4v) is 1.33. The minimum absolute atomic E-state index is 0.150. The second-order valence-electron chi connectivity index (χ2n) is 3.37. The average molecular weight is 176 g/mol. The third-order valence-electron chi connectivity index (χ3n) is 2.11. The molecule has 1 rings (SSSR count). The Morgan fingerprint density at radius 2 is 2.00 bits per heavy atom. The van der Waals surface area contributed by atoms with Crippen LogP contribution in [0.5, 0.6) is 0 Å². The molecular formula is C12H16O. The summed E-state index contributed by atoms with van der Waals surface area (Å²) in [6.07, 6.45) is 2.09. The van der Waals surface area contributed by atoms with Gasteiger partial charge in [-0.15, -0.1) is 0 Å². The Morgan fingerprint density at radius 1 is 1.38 bits per heavy atom. The molecule has 0 aliphatic rings. The van der Waals surface area contributed by atoms with Crippen LogP contribution in [0.2, 0.25) is 0 Å². The Kier molecular flexibility index (Phi) is 3.71. The topological polar surface area (TPSA) is 20.2 Å². The molecule has 0 aliphatic carbocycles. The van der Waals surface area contributed by atoms with Crippen molar-refractivity contribution in [2.45, 2.75) is 19.8 Å². The van der Waals surface area contributed by atoms with Crippen LogP contribution in [0.4, 0.5) is 0 Å². The van der Waals surface area contributed by atoms with Gasteiger partial charge in [-0.25, -0.2) is 0 Å². The molecule has 0 heterocycles. The lowest BCUT2D eigenvalue weighted by Crippen LogP contribution is -1.92. The third-order valence-corrected chi connectivity index (χ3v) is 2.11. The van der Waals surface area contributed by atoms with Gasteiger partial charge in [0.1, 0.15) is 0 Å².